The second kappa shape index (κ2) is 15.4. The van der Waals surface area contributed by atoms with Crippen LogP contribution in [0.15, 0.2) is 48.5 Å². The molecule has 0 atom stereocenters. The molecule has 0 aliphatic rings. The predicted octanol–water partition coefficient (Wildman–Crippen LogP) is 8.73. The van der Waals surface area contributed by atoms with E-state index in [1.54, 1.807) is 54.3 Å². The van der Waals surface area contributed by atoms with E-state index in [-0.39, 0.29) is 17.2 Å². The average Bonchev–Trinajstić information content (AvgIpc) is 2.92. The van der Waals surface area contributed by atoms with Gasteiger partial charge >= 0.3 is 0 Å². The Morgan fingerprint density at radius 2 is 1.56 bits per heavy atom. The van der Waals surface area contributed by atoms with E-state index < -0.39 is 5.91 Å². The molecule has 0 unspecified atom stereocenters. The third kappa shape index (κ3) is 8.37. The van der Waals surface area contributed by atoms with Crippen LogP contribution in [0.5, 0.6) is 11.5 Å². The molecule has 0 aliphatic heterocycles. The zero-order valence-electron chi connectivity index (χ0n) is 23.4. The standard InChI is InChI=1S/C32H41ClN2O4/c1-4-5-6-7-8-9-10-11-12-13-21-35(23(2)36)29-16-14-15-26-25(29)18-19-27(31(26)37)32(38)34-28-22-24(33)17-20-30(28)39-3/h14-20,22,37H,4-13,21H2,1-3H3,(H,34,38). The quantitative estimate of drug-likeness (QED) is 0.185. The third-order valence-electron chi connectivity index (χ3n) is 7.07. The molecule has 2 amide bonds. The van der Waals surface area contributed by atoms with Crippen LogP contribution >= 0.6 is 11.6 Å². The maximum absolute atomic E-state index is 13.1. The molecule has 0 heterocycles. The highest BCUT2D eigenvalue weighted by molar-refractivity contribution is 6.31. The number of methoxy groups -OCH3 is 1. The fourth-order valence-corrected chi connectivity index (χ4v) is 5.09. The number of carbonyl (C=O) groups excluding carboxylic acids is 2. The van der Waals surface area contributed by atoms with E-state index in [9.17, 15) is 14.7 Å². The van der Waals surface area contributed by atoms with Gasteiger partial charge in [0.25, 0.3) is 5.91 Å². The second-order valence-corrected chi connectivity index (χ2v) is 10.4. The monoisotopic (exact) mass is 552 g/mol. The number of fused-ring (bicyclic) bond motifs is 1. The summed E-state index contributed by atoms with van der Waals surface area (Å²) in [5.41, 5.74) is 1.25. The molecule has 2 N–H and O–H groups in total. The molecule has 39 heavy (non-hydrogen) atoms. The summed E-state index contributed by atoms with van der Waals surface area (Å²) in [5, 5.41) is 15.5. The van der Waals surface area contributed by atoms with Crippen LogP contribution in [0.2, 0.25) is 5.02 Å². The Hall–Kier alpha value is -3.25. The van der Waals surface area contributed by atoms with Crippen molar-refractivity contribution < 1.29 is 19.4 Å². The van der Waals surface area contributed by atoms with Gasteiger partial charge in [-0.15, -0.1) is 0 Å². The summed E-state index contributed by atoms with van der Waals surface area (Å²) in [6, 6.07) is 13.7. The summed E-state index contributed by atoms with van der Waals surface area (Å²) in [6.45, 7) is 4.42. The van der Waals surface area contributed by atoms with Crippen LogP contribution in [-0.4, -0.2) is 30.6 Å². The van der Waals surface area contributed by atoms with E-state index in [4.69, 9.17) is 16.3 Å². The zero-order valence-corrected chi connectivity index (χ0v) is 24.2. The van der Waals surface area contributed by atoms with Gasteiger partial charge in [-0.1, -0.05) is 94.5 Å². The van der Waals surface area contributed by atoms with E-state index >= 15 is 0 Å². The van der Waals surface area contributed by atoms with Crippen molar-refractivity contribution in [2.24, 2.45) is 0 Å². The van der Waals surface area contributed by atoms with Gasteiger partial charge in [0.15, 0.2) is 0 Å². The van der Waals surface area contributed by atoms with Crippen molar-refractivity contribution in [3.05, 3.63) is 59.1 Å². The van der Waals surface area contributed by atoms with Crippen molar-refractivity contribution in [3.63, 3.8) is 0 Å². The summed E-state index contributed by atoms with van der Waals surface area (Å²) in [6.07, 6.45) is 12.3. The van der Waals surface area contributed by atoms with E-state index in [2.05, 4.69) is 12.2 Å². The van der Waals surface area contributed by atoms with Crippen molar-refractivity contribution >= 4 is 45.6 Å². The molecule has 210 valence electrons. The molecule has 7 heteroatoms. The Balaban J connectivity index is 1.69. The van der Waals surface area contributed by atoms with Crippen LogP contribution in [0.4, 0.5) is 11.4 Å². The number of hydrogen-bond acceptors (Lipinski definition) is 4. The lowest BCUT2D eigenvalue weighted by Gasteiger charge is -2.23. The number of hydrogen-bond donors (Lipinski definition) is 2. The van der Waals surface area contributed by atoms with Gasteiger partial charge in [0, 0.05) is 29.3 Å². The fraction of sp³-hybridized carbons (Fsp3) is 0.438. The Kier molecular flexibility index (Phi) is 11.9. The van der Waals surface area contributed by atoms with E-state index in [1.165, 1.54) is 58.5 Å². The van der Waals surface area contributed by atoms with E-state index in [0.29, 0.717) is 33.8 Å². The SMILES string of the molecule is CCCCCCCCCCCCN(C(C)=O)c1cccc2c(O)c(C(=O)Nc3cc(Cl)ccc3OC)ccc12. The van der Waals surface area contributed by atoms with Gasteiger partial charge in [0.1, 0.15) is 11.5 Å². The number of ether oxygens (including phenoxy) is 1. The molecular weight excluding hydrogens is 512 g/mol. The summed E-state index contributed by atoms with van der Waals surface area (Å²) >= 11 is 6.09. The Morgan fingerprint density at radius 3 is 2.21 bits per heavy atom. The smallest absolute Gasteiger partial charge is 0.259 e. The highest BCUT2D eigenvalue weighted by Gasteiger charge is 2.20. The Labute approximate surface area is 237 Å². The largest absolute Gasteiger partial charge is 0.506 e. The van der Waals surface area contributed by atoms with Crippen LogP contribution in [0.25, 0.3) is 10.8 Å². The van der Waals surface area contributed by atoms with Gasteiger partial charge in [-0.3, -0.25) is 9.59 Å². The third-order valence-corrected chi connectivity index (χ3v) is 7.31. The number of benzene rings is 3. The van der Waals surface area contributed by atoms with Crippen molar-refractivity contribution in [2.75, 3.05) is 23.9 Å². The molecule has 0 spiro atoms. The van der Waals surface area contributed by atoms with Crippen LogP contribution in [0.3, 0.4) is 0 Å². The minimum absolute atomic E-state index is 0.0483. The Morgan fingerprint density at radius 1 is 0.897 bits per heavy atom. The number of amides is 2. The number of nitrogens with one attached hydrogen (secondary N) is 1. The maximum Gasteiger partial charge on any atom is 0.259 e. The van der Waals surface area contributed by atoms with Crippen LogP contribution < -0.4 is 15.0 Å². The molecule has 0 radical (unpaired) electrons. The van der Waals surface area contributed by atoms with Crippen molar-refractivity contribution in [3.8, 4) is 11.5 Å². The lowest BCUT2D eigenvalue weighted by molar-refractivity contribution is -0.116. The van der Waals surface area contributed by atoms with Crippen molar-refractivity contribution in [1.29, 1.82) is 0 Å². The number of halogens is 1. The minimum atomic E-state index is -0.492. The van der Waals surface area contributed by atoms with Gasteiger partial charge in [-0.05, 0) is 36.8 Å². The van der Waals surface area contributed by atoms with E-state index in [1.807, 2.05) is 6.07 Å². The number of aromatic hydroxyl groups is 1. The first kappa shape index (κ1) is 30.3. The molecule has 6 nitrogen and oxygen atoms in total. The lowest BCUT2D eigenvalue weighted by Crippen LogP contribution is -2.29. The molecule has 0 aromatic heterocycles. The number of carbonyl (C=O) groups is 2. The fourth-order valence-electron chi connectivity index (χ4n) is 4.92. The van der Waals surface area contributed by atoms with Gasteiger partial charge in [-0.2, -0.15) is 0 Å². The molecule has 3 aromatic carbocycles. The van der Waals surface area contributed by atoms with Gasteiger partial charge < -0.3 is 20.1 Å². The second-order valence-electron chi connectivity index (χ2n) is 9.99. The summed E-state index contributed by atoms with van der Waals surface area (Å²) in [7, 11) is 1.50. The molecule has 0 saturated heterocycles. The summed E-state index contributed by atoms with van der Waals surface area (Å²) < 4.78 is 5.31. The number of rotatable bonds is 15. The predicted molar refractivity (Wildman–Crippen MR) is 161 cm³/mol. The lowest BCUT2D eigenvalue weighted by atomic mass is 10.0. The minimum Gasteiger partial charge on any atom is -0.506 e. The Bertz CT molecular complexity index is 1260. The summed E-state index contributed by atoms with van der Waals surface area (Å²) in [4.78, 5) is 27.4. The van der Waals surface area contributed by atoms with Crippen LogP contribution in [-0.2, 0) is 4.79 Å². The molecule has 0 fully saturated rings. The highest BCUT2D eigenvalue weighted by Crippen LogP contribution is 2.36. The normalized spacial score (nSPS) is 11.0. The number of anilines is 2. The van der Waals surface area contributed by atoms with Crippen molar-refractivity contribution in [2.45, 2.75) is 78.1 Å². The number of unbranched alkanes of at least 4 members (excludes halogenated alkanes) is 9. The van der Waals surface area contributed by atoms with Crippen LogP contribution in [0, 0.1) is 0 Å². The first-order valence-electron chi connectivity index (χ1n) is 14.0. The zero-order chi connectivity index (χ0) is 28.2. The first-order chi connectivity index (χ1) is 18.9. The molecule has 0 bridgehead atoms. The van der Waals surface area contributed by atoms with Gasteiger partial charge in [0.2, 0.25) is 5.91 Å². The van der Waals surface area contributed by atoms with Crippen molar-refractivity contribution in [1.82, 2.24) is 0 Å². The number of phenolic OH excluding ortho intramolecular Hbond substituents is 1. The molecule has 3 rings (SSSR count). The van der Waals surface area contributed by atoms with Gasteiger partial charge in [-0.25, -0.2) is 0 Å². The maximum atomic E-state index is 13.1. The summed E-state index contributed by atoms with van der Waals surface area (Å²) in [5.74, 6) is -0.225. The molecular formula is C32H41ClN2O4. The highest BCUT2D eigenvalue weighted by atomic mass is 35.5. The molecule has 0 aliphatic carbocycles. The first-order valence-corrected chi connectivity index (χ1v) is 14.4. The average molecular weight is 553 g/mol. The van der Waals surface area contributed by atoms with Gasteiger partial charge in [0.05, 0.1) is 24.0 Å². The van der Waals surface area contributed by atoms with Crippen LogP contribution in [0.1, 0.15) is 88.4 Å². The molecule has 3 aromatic rings. The van der Waals surface area contributed by atoms with E-state index in [0.717, 1.165) is 18.5 Å². The number of nitrogens with zero attached hydrogens (tertiary/aromatic N) is 1. The molecule has 0 saturated carbocycles. The topological polar surface area (TPSA) is 78.9 Å². The number of phenols is 1.